The quantitative estimate of drug-likeness (QED) is 0.658. The lowest BCUT2D eigenvalue weighted by molar-refractivity contribution is -0.131. The summed E-state index contributed by atoms with van der Waals surface area (Å²) in [5.41, 5.74) is 5.79. The van der Waals surface area contributed by atoms with Gasteiger partial charge in [0.05, 0.1) is 6.54 Å². The normalized spacial score (nSPS) is 28.6. The molecule has 1 unspecified atom stereocenters. The van der Waals surface area contributed by atoms with E-state index in [9.17, 15) is 4.79 Å². The summed E-state index contributed by atoms with van der Waals surface area (Å²) < 4.78 is 0. The Bertz CT molecular complexity index is 213. The summed E-state index contributed by atoms with van der Waals surface area (Å²) >= 11 is 0. The first-order valence-corrected chi connectivity index (χ1v) is 5.51. The number of hydrogen-bond donors (Lipinski definition) is 1. The summed E-state index contributed by atoms with van der Waals surface area (Å²) in [6.07, 6.45) is 3.38. The molecule has 2 aliphatic heterocycles. The van der Waals surface area contributed by atoms with Gasteiger partial charge in [0, 0.05) is 32.2 Å². The number of carbonyl (C=O) groups excluding carboxylic acids is 1. The van der Waals surface area contributed by atoms with E-state index in [0.717, 1.165) is 32.6 Å². The fourth-order valence-electron chi connectivity index (χ4n) is 2.26. The molecule has 2 rings (SSSR count). The molecule has 2 N–H and O–H groups in total. The third kappa shape index (κ3) is 2.25. The average molecular weight is 197 g/mol. The van der Waals surface area contributed by atoms with E-state index >= 15 is 0 Å². The highest BCUT2D eigenvalue weighted by molar-refractivity contribution is 5.78. The molecule has 4 heteroatoms. The van der Waals surface area contributed by atoms with Gasteiger partial charge in [0.15, 0.2) is 0 Å². The van der Waals surface area contributed by atoms with Crippen LogP contribution in [0.15, 0.2) is 0 Å². The molecule has 0 aliphatic carbocycles. The molecule has 1 amide bonds. The van der Waals surface area contributed by atoms with E-state index in [-0.39, 0.29) is 11.9 Å². The highest BCUT2D eigenvalue weighted by atomic mass is 16.2. The van der Waals surface area contributed by atoms with Crippen LogP contribution in [0.2, 0.25) is 0 Å². The standard InChI is InChI=1S/C10H19N3O/c11-9-3-6-12(7-9)8-10(14)13-4-1-2-5-13/h9H,1-8,11H2. The number of carbonyl (C=O) groups is 1. The smallest absolute Gasteiger partial charge is 0.236 e. The molecular formula is C10H19N3O. The Hall–Kier alpha value is -0.610. The zero-order chi connectivity index (χ0) is 9.97. The summed E-state index contributed by atoms with van der Waals surface area (Å²) in [6, 6.07) is 0.279. The van der Waals surface area contributed by atoms with E-state index in [1.165, 1.54) is 12.8 Å². The van der Waals surface area contributed by atoms with Crippen LogP contribution in [0.25, 0.3) is 0 Å². The van der Waals surface area contributed by atoms with E-state index in [1.54, 1.807) is 0 Å². The molecule has 0 bridgehead atoms. The van der Waals surface area contributed by atoms with Crippen LogP contribution >= 0.6 is 0 Å². The Morgan fingerprint density at radius 2 is 2.00 bits per heavy atom. The van der Waals surface area contributed by atoms with Crippen LogP contribution in [-0.4, -0.2) is 54.5 Å². The van der Waals surface area contributed by atoms with Crippen LogP contribution in [-0.2, 0) is 4.79 Å². The van der Waals surface area contributed by atoms with Gasteiger partial charge in [-0.05, 0) is 19.3 Å². The van der Waals surface area contributed by atoms with Gasteiger partial charge in [-0.25, -0.2) is 0 Å². The Labute approximate surface area is 85.0 Å². The second-order valence-corrected chi connectivity index (χ2v) is 4.37. The van der Waals surface area contributed by atoms with Crippen molar-refractivity contribution in [3.05, 3.63) is 0 Å². The first kappa shape index (κ1) is 9.93. The van der Waals surface area contributed by atoms with E-state index in [4.69, 9.17) is 5.73 Å². The van der Waals surface area contributed by atoms with Crippen LogP contribution in [0.3, 0.4) is 0 Å². The SMILES string of the molecule is NC1CCN(CC(=O)N2CCCC2)C1. The van der Waals surface area contributed by atoms with Crippen LogP contribution in [0, 0.1) is 0 Å². The molecule has 0 saturated carbocycles. The average Bonchev–Trinajstić information content (AvgIpc) is 2.75. The highest BCUT2D eigenvalue weighted by Crippen LogP contribution is 2.10. The van der Waals surface area contributed by atoms with E-state index in [1.807, 2.05) is 4.90 Å². The van der Waals surface area contributed by atoms with E-state index < -0.39 is 0 Å². The monoisotopic (exact) mass is 197 g/mol. The molecule has 1 atom stereocenters. The van der Waals surface area contributed by atoms with Crippen LogP contribution in [0.1, 0.15) is 19.3 Å². The molecule has 2 fully saturated rings. The number of rotatable bonds is 2. The third-order valence-electron chi connectivity index (χ3n) is 3.13. The molecule has 2 saturated heterocycles. The lowest BCUT2D eigenvalue weighted by atomic mass is 10.3. The molecule has 0 aromatic rings. The van der Waals surface area contributed by atoms with Gasteiger partial charge in [-0.2, -0.15) is 0 Å². The lowest BCUT2D eigenvalue weighted by Crippen LogP contribution is -2.38. The number of amides is 1. The van der Waals surface area contributed by atoms with Gasteiger partial charge in [-0.15, -0.1) is 0 Å². The van der Waals surface area contributed by atoms with Gasteiger partial charge in [-0.3, -0.25) is 9.69 Å². The van der Waals surface area contributed by atoms with Crippen molar-refractivity contribution in [2.45, 2.75) is 25.3 Å². The lowest BCUT2D eigenvalue weighted by Gasteiger charge is -2.20. The summed E-state index contributed by atoms with van der Waals surface area (Å²) in [4.78, 5) is 15.9. The van der Waals surface area contributed by atoms with Crippen molar-refractivity contribution in [1.29, 1.82) is 0 Å². The fourth-order valence-corrected chi connectivity index (χ4v) is 2.26. The molecule has 0 aromatic carbocycles. The van der Waals surface area contributed by atoms with Crippen molar-refractivity contribution in [3.63, 3.8) is 0 Å². The number of nitrogens with two attached hydrogens (primary N) is 1. The zero-order valence-corrected chi connectivity index (χ0v) is 8.61. The van der Waals surface area contributed by atoms with Crippen LogP contribution in [0.4, 0.5) is 0 Å². The van der Waals surface area contributed by atoms with Crippen LogP contribution in [0.5, 0.6) is 0 Å². The van der Waals surface area contributed by atoms with Crippen molar-refractivity contribution < 1.29 is 4.79 Å². The second kappa shape index (κ2) is 4.28. The molecule has 80 valence electrons. The minimum atomic E-state index is 0.279. The summed E-state index contributed by atoms with van der Waals surface area (Å²) in [5, 5.41) is 0. The topological polar surface area (TPSA) is 49.6 Å². The van der Waals surface area contributed by atoms with Crippen molar-refractivity contribution in [2.75, 3.05) is 32.7 Å². The minimum Gasteiger partial charge on any atom is -0.342 e. The van der Waals surface area contributed by atoms with E-state index in [2.05, 4.69) is 4.90 Å². The largest absolute Gasteiger partial charge is 0.342 e. The molecule has 0 spiro atoms. The second-order valence-electron chi connectivity index (χ2n) is 4.37. The summed E-state index contributed by atoms with van der Waals surface area (Å²) in [6.45, 7) is 4.37. The number of hydrogen-bond acceptors (Lipinski definition) is 3. The first-order chi connectivity index (χ1) is 6.75. The minimum absolute atomic E-state index is 0.279. The van der Waals surface area contributed by atoms with Crippen molar-refractivity contribution in [1.82, 2.24) is 9.80 Å². The predicted molar refractivity (Wildman–Crippen MR) is 54.8 cm³/mol. The Morgan fingerprint density at radius 3 is 2.57 bits per heavy atom. The van der Waals surface area contributed by atoms with Crippen molar-refractivity contribution in [3.8, 4) is 0 Å². The van der Waals surface area contributed by atoms with Gasteiger partial charge < -0.3 is 10.6 Å². The van der Waals surface area contributed by atoms with E-state index in [0.29, 0.717) is 6.54 Å². The van der Waals surface area contributed by atoms with Gasteiger partial charge in [0.1, 0.15) is 0 Å². The third-order valence-corrected chi connectivity index (χ3v) is 3.13. The number of likely N-dealkylation sites (tertiary alicyclic amines) is 2. The summed E-state index contributed by atoms with van der Waals surface area (Å²) in [7, 11) is 0. The highest BCUT2D eigenvalue weighted by Gasteiger charge is 2.24. The predicted octanol–water partition coefficient (Wildman–Crippen LogP) is -0.358. The maximum Gasteiger partial charge on any atom is 0.236 e. The van der Waals surface area contributed by atoms with Gasteiger partial charge in [-0.1, -0.05) is 0 Å². The van der Waals surface area contributed by atoms with Gasteiger partial charge in [0.2, 0.25) is 5.91 Å². The Kier molecular flexibility index (Phi) is 3.03. The Morgan fingerprint density at radius 1 is 1.29 bits per heavy atom. The van der Waals surface area contributed by atoms with Crippen LogP contribution < -0.4 is 5.73 Å². The molecule has 4 nitrogen and oxygen atoms in total. The number of nitrogens with zero attached hydrogens (tertiary/aromatic N) is 2. The molecular weight excluding hydrogens is 178 g/mol. The van der Waals surface area contributed by atoms with Crippen molar-refractivity contribution >= 4 is 5.91 Å². The summed E-state index contributed by atoms with van der Waals surface area (Å²) in [5.74, 6) is 0.289. The van der Waals surface area contributed by atoms with Crippen molar-refractivity contribution in [2.24, 2.45) is 5.73 Å². The molecule has 14 heavy (non-hydrogen) atoms. The molecule has 0 aromatic heterocycles. The molecule has 0 radical (unpaired) electrons. The fraction of sp³-hybridized carbons (Fsp3) is 0.900. The first-order valence-electron chi connectivity index (χ1n) is 5.51. The Balaban J connectivity index is 1.76. The van der Waals surface area contributed by atoms with Gasteiger partial charge >= 0.3 is 0 Å². The zero-order valence-electron chi connectivity index (χ0n) is 8.61. The maximum absolute atomic E-state index is 11.8. The molecule has 2 aliphatic rings. The maximum atomic E-state index is 11.8. The molecule has 2 heterocycles. The van der Waals surface area contributed by atoms with Gasteiger partial charge in [0.25, 0.3) is 0 Å².